The minimum absolute atomic E-state index is 0.318. The maximum atomic E-state index is 11.2. The molecule has 5 heteroatoms. The number of carbonyl (C=O) groups is 2. The molecule has 0 aliphatic rings. The second-order valence-corrected chi connectivity index (χ2v) is 3.88. The van der Waals surface area contributed by atoms with Gasteiger partial charge in [0, 0.05) is 6.54 Å². The Bertz CT molecular complexity index is 226. The molecule has 1 atom stereocenters. The Labute approximate surface area is 84.0 Å². The van der Waals surface area contributed by atoms with E-state index in [0.29, 0.717) is 6.54 Å². The molecule has 1 amide bonds. The van der Waals surface area contributed by atoms with Crippen LogP contribution in [0.15, 0.2) is 0 Å². The molecule has 0 radical (unpaired) electrons. The fourth-order valence-corrected chi connectivity index (χ4v) is 0.857. The van der Waals surface area contributed by atoms with Crippen molar-refractivity contribution in [3.63, 3.8) is 0 Å². The van der Waals surface area contributed by atoms with Gasteiger partial charge in [-0.15, -0.1) is 0 Å². The maximum Gasteiger partial charge on any atom is 0.312 e. The SMILES string of the molecule is COC(=O)C(C)(C)CNC(C)C(N)=O. The van der Waals surface area contributed by atoms with E-state index < -0.39 is 17.4 Å². The van der Waals surface area contributed by atoms with Crippen LogP contribution in [0.4, 0.5) is 0 Å². The van der Waals surface area contributed by atoms with Gasteiger partial charge in [0.25, 0.3) is 0 Å². The summed E-state index contributed by atoms with van der Waals surface area (Å²) in [4.78, 5) is 21.9. The summed E-state index contributed by atoms with van der Waals surface area (Å²) in [5, 5.41) is 2.86. The standard InChI is InChI=1S/C9H18N2O3/c1-6(7(10)12)11-5-9(2,3)8(13)14-4/h6,11H,5H2,1-4H3,(H2,10,12). The molecule has 14 heavy (non-hydrogen) atoms. The zero-order valence-corrected chi connectivity index (χ0v) is 9.09. The predicted octanol–water partition coefficient (Wildman–Crippen LogP) is -0.351. The molecule has 5 nitrogen and oxygen atoms in total. The topological polar surface area (TPSA) is 81.4 Å². The zero-order valence-electron chi connectivity index (χ0n) is 9.09. The minimum Gasteiger partial charge on any atom is -0.469 e. The Morgan fingerprint density at radius 2 is 2.00 bits per heavy atom. The summed E-state index contributed by atoms with van der Waals surface area (Å²) in [5.74, 6) is -0.757. The van der Waals surface area contributed by atoms with Gasteiger partial charge in [-0.3, -0.25) is 9.59 Å². The quantitative estimate of drug-likeness (QED) is 0.597. The highest BCUT2D eigenvalue weighted by Gasteiger charge is 2.29. The van der Waals surface area contributed by atoms with Crippen LogP contribution in [0.3, 0.4) is 0 Å². The fraction of sp³-hybridized carbons (Fsp3) is 0.778. The number of hydrogen-bond acceptors (Lipinski definition) is 4. The third kappa shape index (κ3) is 3.74. The average molecular weight is 202 g/mol. The van der Waals surface area contributed by atoms with Crippen molar-refractivity contribution in [1.82, 2.24) is 5.32 Å². The number of methoxy groups -OCH3 is 1. The van der Waals surface area contributed by atoms with Crippen LogP contribution in [0.25, 0.3) is 0 Å². The highest BCUT2D eigenvalue weighted by atomic mass is 16.5. The molecule has 0 spiro atoms. The minimum atomic E-state index is -0.654. The number of hydrogen-bond donors (Lipinski definition) is 2. The van der Waals surface area contributed by atoms with Gasteiger partial charge in [0.05, 0.1) is 18.6 Å². The highest BCUT2D eigenvalue weighted by Crippen LogP contribution is 2.15. The summed E-state index contributed by atoms with van der Waals surface area (Å²) in [7, 11) is 1.33. The van der Waals surface area contributed by atoms with Crippen molar-refractivity contribution in [3.8, 4) is 0 Å². The molecule has 0 aromatic carbocycles. The van der Waals surface area contributed by atoms with Crippen molar-refractivity contribution in [2.75, 3.05) is 13.7 Å². The molecule has 0 saturated carbocycles. The molecule has 82 valence electrons. The van der Waals surface area contributed by atoms with Gasteiger partial charge in [-0.05, 0) is 20.8 Å². The Balaban J connectivity index is 4.11. The molecule has 0 aliphatic heterocycles. The molecular weight excluding hydrogens is 184 g/mol. The number of ether oxygens (including phenoxy) is 1. The van der Waals surface area contributed by atoms with Crippen LogP contribution in [0, 0.1) is 5.41 Å². The van der Waals surface area contributed by atoms with Crippen molar-refractivity contribution in [2.45, 2.75) is 26.8 Å². The van der Waals surface area contributed by atoms with Crippen molar-refractivity contribution in [3.05, 3.63) is 0 Å². The van der Waals surface area contributed by atoms with Crippen LogP contribution in [-0.2, 0) is 14.3 Å². The summed E-state index contributed by atoms with van der Waals surface area (Å²) in [6.07, 6.45) is 0. The molecule has 0 heterocycles. The van der Waals surface area contributed by atoms with Crippen LogP contribution < -0.4 is 11.1 Å². The number of nitrogens with one attached hydrogen (secondary N) is 1. The van der Waals surface area contributed by atoms with E-state index >= 15 is 0 Å². The van der Waals surface area contributed by atoms with E-state index in [1.54, 1.807) is 20.8 Å². The maximum absolute atomic E-state index is 11.2. The first-order valence-corrected chi connectivity index (χ1v) is 4.42. The number of amides is 1. The van der Waals surface area contributed by atoms with E-state index in [0.717, 1.165) is 0 Å². The molecule has 0 bridgehead atoms. The van der Waals surface area contributed by atoms with Crippen LogP contribution in [-0.4, -0.2) is 31.6 Å². The van der Waals surface area contributed by atoms with Crippen LogP contribution in [0.1, 0.15) is 20.8 Å². The highest BCUT2D eigenvalue weighted by molar-refractivity contribution is 5.79. The zero-order chi connectivity index (χ0) is 11.4. The number of rotatable bonds is 5. The summed E-state index contributed by atoms with van der Waals surface area (Å²) in [5.41, 5.74) is 4.40. The monoisotopic (exact) mass is 202 g/mol. The van der Waals surface area contributed by atoms with Crippen molar-refractivity contribution >= 4 is 11.9 Å². The van der Waals surface area contributed by atoms with E-state index in [-0.39, 0.29) is 5.97 Å². The Kier molecular flexibility index (Phi) is 4.56. The first kappa shape index (κ1) is 12.9. The molecule has 1 unspecified atom stereocenters. The van der Waals surface area contributed by atoms with Crippen LogP contribution in [0.5, 0.6) is 0 Å². The number of carbonyl (C=O) groups excluding carboxylic acids is 2. The fourth-order valence-electron chi connectivity index (χ4n) is 0.857. The van der Waals surface area contributed by atoms with E-state index in [1.165, 1.54) is 7.11 Å². The van der Waals surface area contributed by atoms with Gasteiger partial charge in [0.1, 0.15) is 0 Å². The molecule has 0 saturated heterocycles. The van der Waals surface area contributed by atoms with E-state index in [1.807, 2.05) is 0 Å². The first-order valence-electron chi connectivity index (χ1n) is 4.42. The molecule has 0 fully saturated rings. The molecule has 0 aromatic rings. The summed E-state index contributed by atoms with van der Waals surface area (Å²) >= 11 is 0. The van der Waals surface area contributed by atoms with Crippen molar-refractivity contribution < 1.29 is 14.3 Å². The van der Waals surface area contributed by atoms with Crippen molar-refractivity contribution in [1.29, 1.82) is 0 Å². The van der Waals surface area contributed by atoms with Gasteiger partial charge < -0.3 is 15.8 Å². The molecule has 0 aromatic heterocycles. The Hall–Kier alpha value is -1.10. The van der Waals surface area contributed by atoms with E-state index in [9.17, 15) is 9.59 Å². The van der Waals surface area contributed by atoms with Gasteiger partial charge in [-0.2, -0.15) is 0 Å². The average Bonchev–Trinajstić information content (AvgIpc) is 2.12. The van der Waals surface area contributed by atoms with Gasteiger partial charge in [-0.1, -0.05) is 0 Å². The second-order valence-electron chi connectivity index (χ2n) is 3.88. The lowest BCUT2D eigenvalue weighted by Gasteiger charge is -2.23. The number of esters is 1. The second kappa shape index (κ2) is 4.95. The third-order valence-electron chi connectivity index (χ3n) is 2.01. The Morgan fingerprint density at radius 1 is 1.50 bits per heavy atom. The van der Waals surface area contributed by atoms with E-state index in [2.05, 4.69) is 10.1 Å². The summed E-state index contributed by atoms with van der Waals surface area (Å²) < 4.78 is 4.61. The molecule has 0 rings (SSSR count). The summed E-state index contributed by atoms with van der Waals surface area (Å²) in [6.45, 7) is 5.47. The summed E-state index contributed by atoms with van der Waals surface area (Å²) in [6, 6.07) is -0.445. The van der Waals surface area contributed by atoms with Gasteiger partial charge in [0.15, 0.2) is 0 Å². The van der Waals surface area contributed by atoms with E-state index in [4.69, 9.17) is 5.73 Å². The largest absolute Gasteiger partial charge is 0.469 e. The molecule has 0 aliphatic carbocycles. The first-order chi connectivity index (χ1) is 6.31. The van der Waals surface area contributed by atoms with Crippen molar-refractivity contribution in [2.24, 2.45) is 11.1 Å². The van der Waals surface area contributed by atoms with Gasteiger partial charge in [-0.25, -0.2) is 0 Å². The van der Waals surface area contributed by atoms with Crippen LogP contribution in [0.2, 0.25) is 0 Å². The third-order valence-corrected chi connectivity index (χ3v) is 2.01. The lowest BCUT2D eigenvalue weighted by atomic mass is 9.93. The normalized spacial score (nSPS) is 13.4. The Morgan fingerprint density at radius 3 is 2.36 bits per heavy atom. The lowest BCUT2D eigenvalue weighted by molar-refractivity contribution is -0.150. The lowest BCUT2D eigenvalue weighted by Crippen LogP contribution is -2.45. The number of primary amides is 1. The van der Waals surface area contributed by atoms with Gasteiger partial charge in [0.2, 0.25) is 5.91 Å². The van der Waals surface area contributed by atoms with Crippen LogP contribution >= 0.6 is 0 Å². The number of nitrogens with two attached hydrogens (primary N) is 1. The predicted molar refractivity (Wildman–Crippen MR) is 52.5 cm³/mol. The van der Waals surface area contributed by atoms with Gasteiger partial charge >= 0.3 is 5.97 Å². The smallest absolute Gasteiger partial charge is 0.312 e. The molecular formula is C9H18N2O3. The molecule has 3 N–H and O–H groups in total.